The van der Waals surface area contributed by atoms with Crippen molar-refractivity contribution >= 4 is 23.3 Å². The standard InChI is InChI=1S/C13H12ClN3O3/c1-19-8-3-4-10(20-2)9(5-8)13(18)17-12-7-15-11(14)6-16-12/h3-7H,1-2H3,(H,16,17,18). The number of hydrogen-bond donors (Lipinski definition) is 1. The highest BCUT2D eigenvalue weighted by Crippen LogP contribution is 2.24. The molecule has 0 aliphatic heterocycles. The van der Waals surface area contributed by atoms with Gasteiger partial charge < -0.3 is 14.8 Å². The number of benzene rings is 1. The Morgan fingerprint density at radius 2 is 2.00 bits per heavy atom. The number of anilines is 1. The highest BCUT2D eigenvalue weighted by atomic mass is 35.5. The first-order chi connectivity index (χ1) is 9.63. The van der Waals surface area contributed by atoms with Gasteiger partial charge in [0.2, 0.25) is 0 Å². The number of halogens is 1. The number of methoxy groups -OCH3 is 2. The van der Waals surface area contributed by atoms with Gasteiger partial charge in [0.25, 0.3) is 5.91 Å². The van der Waals surface area contributed by atoms with E-state index < -0.39 is 0 Å². The lowest BCUT2D eigenvalue weighted by atomic mass is 10.1. The molecule has 0 spiro atoms. The van der Waals surface area contributed by atoms with E-state index in [1.165, 1.54) is 26.6 Å². The summed E-state index contributed by atoms with van der Waals surface area (Å²) in [6.45, 7) is 0. The van der Waals surface area contributed by atoms with Crippen LogP contribution in [-0.4, -0.2) is 30.1 Å². The topological polar surface area (TPSA) is 73.3 Å². The Kier molecular flexibility index (Phi) is 4.37. The van der Waals surface area contributed by atoms with Crippen LogP contribution in [0.3, 0.4) is 0 Å². The third-order valence-corrected chi connectivity index (χ3v) is 2.71. The molecule has 0 saturated heterocycles. The van der Waals surface area contributed by atoms with Gasteiger partial charge in [0.05, 0.1) is 32.2 Å². The number of aromatic nitrogens is 2. The normalized spacial score (nSPS) is 9.95. The fourth-order valence-corrected chi connectivity index (χ4v) is 1.65. The van der Waals surface area contributed by atoms with Crippen molar-refractivity contribution in [2.24, 2.45) is 0 Å². The molecule has 0 saturated carbocycles. The van der Waals surface area contributed by atoms with Crippen LogP contribution in [0, 0.1) is 0 Å². The maximum absolute atomic E-state index is 12.2. The Morgan fingerprint density at radius 3 is 2.60 bits per heavy atom. The summed E-state index contributed by atoms with van der Waals surface area (Å²) in [5, 5.41) is 2.86. The number of rotatable bonds is 4. The smallest absolute Gasteiger partial charge is 0.260 e. The molecular weight excluding hydrogens is 282 g/mol. The van der Waals surface area contributed by atoms with E-state index in [1.54, 1.807) is 18.2 Å². The van der Waals surface area contributed by atoms with Crippen molar-refractivity contribution < 1.29 is 14.3 Å². The molecule has 0 aliphatic rings. The van der Waals surface area contributed by atoms with Gasteiger partial charge in [0.15, 0.2) is 5.82 Å². The maximum atomic E-state index is 12.2. The van der Waals surface area contributed by atoms with Crippen molar-refractivity contribution in [3.05, 3.63) is 41.3 Å². The predicted molar refractivity (Wildman–Crippen MR) is 74.5 cm³/mol. The molecule has 0 unspecified atom stereocenters. The molecule has 104 valence electrons. The largest absolute Gasteiger partial charge is 0.497 e. The van der Waals surface area contributed by atoms with E-state index in [-0.39, 0.29) is 11.1 Å². The number of nitrogens with zero attached hydrogens (tertiary/aromatic N) is 2. The second kappa shape index (κ2) is 6.21. The van der Waals surface area contributed by atoms with Crippen LogP contribution < -0.4 is 14.8 Å². The van der Waals surface area contributed by atoms with Crippen LogP contribution in [0.15, 0.2) is 30.6 Å². The van der Waals surface area contributed by atoms with Crippen molar-refractivity contribution in [1.82, 2.24) is 9.97 Å². The highest BCUT2D eigenvalue weighted by Gasteiger charge is 2.14. The quantitative estimate of drug-likeness (QED) is 0.937. The molecule has 2 rings (SSSR count). The molecule has 0 aliphatic carbocycles. The zero-order valence-electron chi connectivity index (χ0n) is 10.9. The first kappa shape index (κ1) is 14.1. The minimum Gasteiger partial charge on any atom is -0.497 e. The van der Waals surface area contributed by atoms with Crippen LogP contribution in [0.25, 0.3) is 0 Å². The average Bonchev–Trinajstić information content (AvgIpc) is 2.48. The van der Waals surface area contributed by atoms with Gasteiger partial charge in [-0.3, -0.25) is 4.79 Å². The predicted octanol–water partition coefficient (Wildman–Crippen LogP) is 2.40. The van der Waals surface area contributed by atoms with Gasteiger partial charge in [0, 0.05) is 0 Å². The first-order valence-electron chi connectivity index (χ1n) is 5.65. The molecule has 1 N–H and O–H groups in total. The lowest BCUT2D eigenvalue weighted by molar-refractivity contribution is 0.102. The minimum absolute atomic E-state index is 0.252. The molecule has 0 bridgehead atoms. The molecule has 0 fully saturated rings. The van der Waals surface area contributed by atoms with E-state index in [1.807, 2.05) is 0 Å². The summed E-state index contributed by atoms with van der Waals surface area (Å²) in [6.07, 6.45) is 2.72. The molecular formula is C13H12ClN3O3. The number of hydrogen-bond acceptors (Lipinski definition) is 5. The minimum atomic E-state index is -0.377. The van der Waals surface area contributed by atoms with E-state index in [0.717, 1.165) is 0 Å². The van der Waals surface area contributed by atoms with E-state index in [0.29, 0.717) is 22.9 Å². The lowest BCUT2D eigenvalue weighted by Gasteiger charge is -2.10. The van der Waals surface area contributed by atoms with Crippen LogP contribution in [0.4, 0.5) is 5.82 Å². The Morgan fingerprint density at radius 1 is 1.20 bits per heavy atom. The summed E-state index contributed by atoms with van der Waals surface area (Å²) in [5.41, 5.74) is 0.337. The van der Waals surface area contributed by atoms with Gasteiger partial charge in [-0.25, -0.2) is 9.97 Å². The van der Waals surface area contributed by atoms with E-state index in [2.05, 4.69) is 15.3 Å². The molecule has 0 radical (unpaired) electrons. The number of nitrogens with one attached hydrogen (secondary N) is 1. The van der Waals surface area contributed by atoms with Crippen LogP contribution >= 0.6 is 11.6 Å². The van der Waals surface area contributed by atoms with Gasteiger partial charge in [-0.15, -0.1) is 0 Å². The Balaban J connectivity index is 2.25. The lowest BCUT2D eigenvalue weighted by Crippen LogP contribution is -2.14. The van der Waals surface area contributed by atoms with Gasteiger partial charge in [-0.2, -0.15) is 0 Å². The summed E-state index contributed by atoms with van der Waals surface area (Å²) in [7, 11) is 3.01. The second-order valence-electron chi connectivity index (χ2n) is 3.74. The van der Waals surface area contributed by atoms with E-state index >= 15 is 0 Å². The SMILES string of the molecule is COc1ccc(OC)c(C(=O)Nc2cnc(Cl)cn2)c1. The number of amides is 1. The fraction of sp³-hybridized carbons (Fsp3) is 0.154. The van der Waals surface area contributed by atoms with Gasteiger partial charge >= 0.3 is 0 Å². The molecule has 1 aromatic carbocycles. The summed E-state index contributed by atoms with van der Waals surface area (Å²) < 4.78 is 10.2. The third kappa shape index (κ3) is 3.16. The molecule has 2 aromatic rings. The number of ether oxygens (including phenoxy) is 2. The maximum Gasteiger partial charge on any atom is 0.260 e. The van der Waals surface area contributed by atoms with Crippen molar-refractivity contribution in [3.8, 4) is 11.5 Å². The van der Waals surface area contributed by atoms with Crippen LogP contribution in [0.1, 0.15) is 10.4 Å². The molecule has 7 heteroatoms. The Bertz CT molecular complexity index is 617. The molecule has 6 nitrogen and oxygen atoms in total. The van der Waals surface area contributed by atoms with Crippen LogP contribution in [-0.2, 0) is 0 Å². The summed E-state index contributed by atoms with van der Waals surface area (Å²) in [6, 6.07) is 4.94. The molecule has 1 amide bonds. The molecule has 0 atom stereocenters. The highest BCUT2D eigenvalue weighted by molar-refractivity contribution is 6.29. The van der Waals surface area contributed by atoms with Gasteiger partial charge in [-0.05, 0) is 18.2 Å². The van der Waals surface area contributed by atoms with Crippen molar-refractivity contribution in [2.75, 3.05) is 19.5 Å². The van der Waals surface area contributed by atoms with Crippen molar-refractivity contribution in [1.29, 1.82) is 0 Å². The monoisotopic (exact) mass is 293 g/mol. The fourth-order valence-electron chi connectivity index (χ4n) is 1.55. The summed E-state index contributed by atoms with van der Waals surface area (Å²) in [5.74, 6) is 0.907. The zero-order chi connectivity index (χ0) is 14.5. The third-order valence-electron chi connectivity index (χ3n) is 2.51. The van der Waals surface area contributed by atoms with Gasteiger partial charge in [0.1, 0.15) is 16.7 Å². The number of carbonyl (C=O) groups excluding carboxylic acids is 1. The van der Waals surface area contributed by atoms with E-state index in [9.17, 15) is 4.79 Å². The first-order valence-corrected chi connectivity index (χ1v) is 6.02. The van der Waals surface area contributed by atoms with Gasteiger partial charge in [-0.1, -0.05) is 11.6 Å². The van der Waals surface area contributed by atoms with Crippen molar-refractivity contribution in [2.45, 2.75) is 0 Å². The Labute approximate surface area is 120 Å². The Hall–Kier alpha value is -2.34. The zero-order valence-corrected chi connectivity index (χ0v) is 11.6. The molecule has 20 heavy (non-hydrogen) atoms. The van der Waals surface area contributed by atoms with Crippen LogP contribution in [0.2, 0.25) is 5.15 Å². The number of carbonyl (C=O) groups is 1. The molecule has 1 heterocycles. The van der Waals surface area contributed by atoms with Crippen molar-refractivity contribution in [3.63, 3.8) is 0 Å². The summed E-state index contributed by atoms with van der Waals surface area (Å²) >= 11 is 5.63. The van der Waals surface area contributed by atoms with E-state index in [4.69, 9.17) is 21.1 Å². The molecule has 1 aromatic heterocycles. The summed E-state index contributed by atoms with van der Waals surface area (Å²) in [4.78, 5) is 20.0. The average molecular weight is 294 g/mol. The van der Waals surface area contributed by atoms with Crippen LogP contribution in [0.5, 0.6) is 11.5 Å². The second-order valence-corrected chi connectivity index (χ2v) is 4.13.